The van der Waals surface area contributed by atoms with Gasteiger partial charge in [0.05, 0.1) is 0 Å². The predicted molar refractivity (Wildman–Crippen MR) is 68.7 cm³/mol. The van der Waals surface area contributed by atoms with Gasteiger partial charge in [-0.05, 0) is 18.8 Å². The number of nitrogens with one attached hydrogen (secondary N) is 1. The van der Waals surface area contributed by atoms with Gasteiger partial charge in [0.25, 0.3) is 0 Å². The average molecular weight is 249 g/mol. The molecule has 1 saturated carbocycles. The van der Waals surface area contributed by atoms with Crippen LogP contribution in [0.2, 0.25) is 0 Å². The van der Waals surface area contributed by atoms with Crippen LogP contribution in [0.25, 0.3) is 0 Å². The number of hydrogen-bond donors (Lipinski definition) is 2. The van der Waals surface area contributed by atoms with Gasteiger partial charge < -0.3 is 10.4 Å². The smallest absolute Gasteiger partial charge is 0.358 e. The second kappa shape index (κ2) is 5.80. The summed E-state index contributed by atoms with van der Waals surface area (Å²) in [5.41, 5.74) is 0.0103. The molecule has 1 aromatic heterocycles. The van der Waals surface area contributed by atoms with Gasteiger partial charge in [0.15, 0.2) is 11.5 Å². The van der Waals surface area contributed by atoms with Crippen LogP contribution in [-0.2, 0) is 0 Å². The number of carboxylic acids is 1. The van der Waals surface area contributed by atoms with Crippen molar-refractivity contribution in [1.29, 1.82) is 0 Å². The zero-order valence-electron chi connectivity index (χ0n) is 10.6. The van der Waals surface area contributed by atoms with E-state index in [2.05, 4.69) is 22.2 Å². The molecule has 1 heterocycles. The van der Waals surface area contributed by atoms with Crippen LogP contribution in [0.1, 0.15) is 49.5 Å². The molecule has 0 aliphatic heterocycles. The number of nitrogens with zero attached hydrogens (tertiary/aromatic N) is 2. The molecule has 0 spiro atoms. The van der Waals surface area contributed by atoms with Crippen molar-refractivity contribution in [2.75, 3.05) is 5.32 Å². The Balaban J connectivity index is 2.07. The second-order valence-corrected chi connectivity index (χ2v) is 4.84. The Hall–Kier alpha value is -1.65. The molecule has 18 heavy (non-hydrogen) atoms. The highest BCUT2D eigenvalue weighted by molar-refractivity contribution is 5.90. The molecule has 5 nitrogen and oxygen atoms in total. The highest BCUT2D eigenvalue weighted by Gasteiger charge is 2.22. The van der Waals surface area contributed by atoms with Gasteiger partial charge in [-0.2, -0.15) is 0 Å². The molecular weight excluding hydrogens is 230 g/mol. The normalized spacial score (nSPS) is 23.6. The van der Waals surface area contributed by atoms with Crippen molar-refractivity contribution in [3.8, 4) is 0 Å². The van der Waals surface area contributed by atoms with E-state index in [0.717, 1.165) is 18.8 Å². The molecule has 5 heteroatoms. The van der Waals surface area contributed by atoms with Crippen LogP contribution >= 0.6 is 0 Å². The third-order valence-corrected chi connectivity index (χ3v) is 3.60. The Bertz CT molecular complexity index is 422. The molecule has 2 atom stereocenters. The van der Waals surface area contributed by atoms with Crippen molar-refractivity contribution in [3.05, 3.63) is 18.1 Å². The quantitative estimate of drug-likeness (QED) is 0.857. The van der Waals surface area contributed by atoms with Crippen LogP contribution in [0.3, 0.4) is 0 Å². The number of carbonyl (C=O) groups is 1. The molecule has 0 aromatic carbocycles. The summed E-state index contributed by atoms with van der Waals surface area (Å²) in [6, 6.07) is 0.318. The highest BCUT2D eigenvalue weighted by Crippen LogP contribution is 2.28. The van der Waals surface area contributed by atoms with Gasteiger partial charge >= 0.3 is 5.97 Å². The summed E-state index contributed by atoms with van der Waals surface area (Å²) in [6.45, 7) is 2.21. The number of anilines is 1. The van der Waals surface area contributed by atoms with Crippen molar-refractivity contribution < 1.29 is 9.90 Å². The van der Waals surface area contributed by atoms with E-state index in [1.165, 1.54) is 31.7 Å². The van der Waals surface area contributed by atoms with Crippen molar-refractivity contribution in [2.24, 2.45) is 5.92 Å². The zero-order valence-corrected chi connectivity index (χ0v) is 10.6. The third kappa shape index (κ3) is 2.97. The summed E-state index contributed by atoms with van der Waals surface area (Å²) in [7, 11) is 0. The lowest BCUT2D eigenvalue weighted by atomic mass is 9.84. The van der Waals surface area contributed by atoms with Crippen molar-refractivity contribution in [1.82, 2.24) is 9.97 Å². The van der Waals surface area contributed by atoms with Crippen molar-refractivity contribution in [3.63, 3.8) is 0 Å². The van der Waals surface area contributed by atoms with E-state index < -0.39 is 5.97 Å². The molecule has 2 rings (SSSR count). The lowest BCUT2D eigenvalue weighted by Gasteiger charge is -2.29. The average Bonchev–Trinajstić information content (AvgIpc) is 2.39. The van der Waals surface area contributed by atoms with Crippen LogP contribution in [-0.4, -0.2) is 27.1 Å². The van der Waals surface area contributed by atoms with Gasteiger partial charge in [-0.1, -0.05) is 26.2 Å². The predicted octanol–water partition coefficient (Wildman–Crippen LogP) is 2.56. The molecule has 0 bridgehead atoms. The first-order valence-electron chi connectivity index (χ1n) is 6.51. The SMILES string of the molecule is CCC1CCCC(Nc2nccnc2C(=O)O)C1. The van der Waals surface area contributed by atoms with E-state index in [4.69, 9.17) is 5.11 Å². The summed E-state index contributed by atoms with van der Waals surface area (Å²) in [4.78, 5) is 19.0. The van der Waals surface area contributed by atoms with Gasteiger partial charge in [-0.15, -0.1) is 0 Å². The van der Waals surface area contributed by atoms with Gasteiger partial charge in [0.1, 0.15) is 0 Å². The molecule has 0 saturated heterocycles. The first kappa shape index (κ1) is 12.8. The maximum Gasteiger partial charge on any atom is 0.358 e. The van der Waals surface area contributed by atoms with Gasteiger partial charge in [-0.25, -0.2) is 14.8 Å². The molecule has 0 amide bonds. The Morgan fingerprint density at radius 2 is 2.22 bits per heavy atom. The third-order valence-electron chi connectivity index (χ3n) is 3.60. The molecule has 1 fully saturated rings. The topological polar surface area (TPSA) is 75.1 Å². The van der Waals surface area contributed by atoms with Gasteiger partial charge in [0, 0.05) is 18.4 Å². The monoisotopic (exact) mass is 249 g/mol. The minimum atomic E-state index is -1.03. The minimum absolute atomic E-state index is 0.0103. The summed E-state index contributed by atoms with van der Waals surface area (Å²) >= 11 is 0. The Labute approximate surface area is 107 Å². The number of hydrogen-bond acceptors (Lipinski definition) is 4. The Kier molecular flexibility index (Phi) is 4.12. The first-order valence-corrected chi connectivity index (χ1v) is 6.51. The molecule has 1 aliphatic carbocycles. The Morgan fingerprint density at radius 3 is 2.94 bits per heavy atom. The lowest BCUT2D eigenvalue weighted by molar-refractivity contribution is 0.0691. The maximum atomic E-state index is 11.0. The fourth-order valence-corrected chi connectivity index (χ4v) is 2.59. The summed E-state index contributed by atoms with van der Waals surface area (Å²) in [6.07, 6.45) is 8.75. The molecule has 1 aliphatic rings. The first-order chi connectivity index (χ1) is 8.70. The van der Waals surface area contributed by atoms with Gasteiger partial charge in [0.2, 0.25) is 0 Å². The van der Waals surface area contributed by atoms with Gasteiger partial charge in [-0.3, -0.25) is 0 Å². The van der Waals surface area contributed by atoms with Crippen molar-refractivity contribution in [2.45, 2.75) is 45.1 Å². The van der Waals surface area contributed by atoms with E-state index >= 15 is 0 Å². The molecular formula is C13H19N3O2. The fourth-order valence-electron chi connectivity index (χ4n) is 2.59. The largest absolute Gasteiger partial charge is 0.476 e. The lowest BCUT2D eigenvalue weighted by Crippen LogP contribution is -2.28. The van der Waals surface area contributed by atoms with E-state index in [1.807, 2.05) is 0 Å². The number of aromatic carboxylic acids is 1. The van der Waals surface area contributed by atoms with Crippen LogP contribution in [0.4, 0.5) is 5.82 Å². The van der Waals surface area contributed by atoms with E-state index in [-0.39, 0.29) is 5.69 Å². The Morgan fingerprint density at radius 1 is 1.44 bits per heavy atom. The molecule has 2 unspecified atom stereocenters. The molecule has 1 aromatic rings. The number of carboxylic acid groups (broad SMARTS) is 1. The molecule has 0 radical (unpaired) electrons. The minimum Gasteiger partial charge on any atom is -0.476 e. The maximum absolute atomic E-state index is 11.0. The van der Waals surface area contributed by atoms with Crippen LogP contribution < -0.4 is 5.32 Å². The van der Waals surface area contributed by atoms with Crippen LogP contribution in [0, 0.1) is 5.92 Å². The standard InChI is InChI=1S/C13H19N3O2/c1-2-9-4-3-5-10(8-9)16-12-11(13(17)18)14-6-7-15-12/h6-7,9-10H,2-5,8H2,1H3,(H,15,16)(H,17,18). The van der Waals surface area contributed by atoms with Crippen LogP contribution in [0.5, 0.6) is 0 Å². The van der Waals surface area contributed by atoms with Crippen molar-refractivity contribution >= 4 is 11.8 Å². The van der Waals surface area contributed by atoms with E-state index in [9.17, 15) is 4.79 Å². The summed E-state index contributed by atoms with van der Waals surface area (Å²) < 4.78 is 0. The number of aromatic nitrogens is 2. The number of rotatable bonds is 4. The second-order valence-electron chi connectivity index (χ2n) is 4.84. The molecule has 2 N–H and O–H groups in total. The fraction of sp³-hybridized carbons (Fsp3) is 0.615. The van der Waals surface area contributed by atoms with E-state index in [0.29, 0.717) is 11.9 Å². The zero-order chi connectivity index (χ0) is 13.0. The summed E-state index contributed by atoms with van der Waals surface area (Å²) in [5, 5.41) is 12.3. The highest BCUT2D eigenvalue weighted by atomic mass is 16.4. The summed E-state index contributed by atoms with van der Waals surface area (Å²) in [5.74, 6) is 0.0985. The molecule has 98 valence electrons. The van der Waals surface area contributed by atoms with Crippen LogP contribution in [0.15, 0.2) is 12.4 Å². The van der Waals surface area contributed by atoms with E-state index in [1.54, 1.807) is 0 Å².